The maximum atomic E-state index is 13.5. The number of amides is 1. The molecule has 1 aliphatic carbocycles. The Balaban J connectivity index is 1.47. The van der Waals surface area contributed by atoms with E-state index in [4.69, 9.17) is 11.6 Å². The predicted molar refractivity (Wildman–Crippen MR) is 135 cm³/mol. The van der Waals surface area contributed by atoms with Crippen molar-refractivity contribution in [1.82, 2.24) is 9.21 Å². The molecule has 0 bridgehead atoms. The van der Waals surface area contributed by atoms with E-state index in [0.29, 0.717) is 31.2 Å². The Bertz CT molecular complexity index is 1070. The van der Waals surface area contributed by atoms with Crippen molar-refractivity contribution < 1.29 is 13.2 Å². The number of rotatable bonds is 6. The lowest BCUT2D eigenvalue weighted by Crippen LogP contribution is -2.53. The summed E-state index contributed by atoms with van der Waals surface area (Å²) in [7, 11) is -3.77. The Hall–Kier alpha value is -1.61. The van der Waals surface area contributed by atoms with E-state index in [2.05, 4.69) is 20.8 Å². The average Bonchev–Trinajstić information content (AvgIpc) is 2.83. The number of benzene rings is 2. The topological polar surface area (TPSA) is 60.9 Å². The maximum Gasteiger partial charge on any atom is 0.243 e. The van der Waals surface area contributed by atoms with Crippen molar-refractivity contribution in [2.45, 2.75) is 43.0 Å². The molecule has 0 atom stereocenters. The van der Waals surface area contributed by atoms with Crippen LogP contribution in [-0.4, -0.2) is 62.3 Å². The number of halogens is 2. The second-order valence-electron chi connectivity index (χ2n) is 8.64. The highest BCUT2D eigenvalue weighted by Crippen LogP contribution is 2.29. The summed E-state index contributed by atoms with van der Waals surface area (Å²) in [6.07, 6.45) is 4.69. The molecule has 4 rings (SSSR count). The summed E-state index contributed by atoms with van der Waals surface area (Å²) < 4.78 is 29.4. The molecule has 1 saturated carbocycles. The molecule has 6 nitrogen and oxygen atoms in total. The molecule has 0 radical (unpaired) electrons. The fourth-order valence-electron chi connectivity index (χ4n) is 4.64. The minimum absolute atomic E-state index is 0.111. The van der Waals surface area contributed by atoms with Gasteiger partial charge in [0.05, 0.1) is 11.4 Å². The van der Waals surface area contributed by atoms with E-state index >= 15 is 0 Å². The summed E-state index contributed by atoms with van der Waals surface area (Å²) in [5.41, 5.74) is 1.04. The highest BCUT2D eigenvalue weighted by atomic mass is 79.9. The van der Waals surface area contributed by atoms with Gasteiger partial charge in [0.2, 0.25) is 15.9 Å². The first-order chi connectivity index (χ1) is 15.8. The van der Waals surface area contributed by atoms with Crippen LogP contribution in [0.5, 0.6) is 0 Å². The summed E-state index contributed by atoms with van der Waals surface area (Å²) in [6.45, 7) is 2.38. The van der Waals surface area contributed by atoms with Crippen molar-refractivity contribution in [3.8, 4) is 0 Å². The molecule has 2 fully saturated rings. The van der Waals surface area contributed by atoms with Crippen LogP contribution in [0.15, 0.2) is 57.9 Å². The first-order valence-electron chi connectivity index (χ1n) is 11.4. The normalized spacial score (nSPS) is 18.0. The van der Waals surface area contributed by atoms with Gasteiger partial charge in [0.25, 0.3) is 0 Å². The SMILES string of the molecule is O=C(CN(C1CCCCC1)S(=O)(=O)c1ccc(Br)cc1)N1CCN(c2cccc(Cl)c2)CC1. The van der Waals surface area contributed by atoms with E-state index in [0.717, 1.165) is 42.3 Å². The summed E-state index contributed by atoms with van der Waals surface area (Å²) in [5, 5.41) is 0.687. The number of sulfonamides is 1. The Morgan fingerprint density at radius 2 is 1.67 bits per heavy atom. The van der Waals surface area contributed by atoms with Gasteiger partial charge in [0.15, 0.2) is 0 Å². The van der Waals surface area contributed by atoms with Gasteiger partial charge in [-0.15, -0.1) is 0 Å². The molecule has 0 spiro atoms. The zero-order valence-electron chi connectivity index (χ0n) is 18.5. The van der Waals surface area contributed by atoms with Gasteiger partial charge in [-0.1, -0.05) is 52.9 Å². The molecule has 9 heteroatoms. The summed E-state index contributed by atoms with van der Waals surface area (Å²) >= 11 is 9.48. The third-order valence-corrected chi connectivity index (χ3v) is 9.18. The fraction of sp³-hybridized carbons (Fsp3) is 0.458. The van der Waals surface area contributed by atoms with Gasteiger partial charge >= 0.3 is 0 Å². The van der Waals surface area contributed by atoms with Crippen LogP contribution in [-0.2, 0) is 14.8 Å². The summed E-state index contributed by atoms with van der Waals surface area (Å²) in [5.74, 6) is -0.132. The van der Waals surface area contributed by atoms with Crippen LogP contribution in [0.25, 0.3) is 0 Å². The number of nitrogens with zero attached hydrogens (tertiary/aromatic N) is 3. The number of hydrogen-bond acceptors (Lipinski definition) is 4. The lowest BCUT2D eigenvalue weighted by molar-refractivity contribution is -0.132. The third-order valence-electron chi connectivity index (χ3n) is 6.50. The number of carbonyl (C=O) groups is 1. The molecule has 1 heterocycles. The first kappa shape index (κ1) is 24.5. The number of anilines is 1. The third kappa shape index (κ3) is 5.91. The van der Waals surface area contributed by atoms with E-state index in [-0.39, 0.29) is 23.4 Å². The zero-order chi connectivity index (χ0) is 23.4. The molecule has 2 aromatic carbocycles. The lowest BCUT2D eigenvalue weighted by Gasteiger charge is -2.38. The van der Waals surface area contributed by atoms with Crippen LogP contribution in [0.4, 0.5) is 5.69 Å². The molecule has 1 aliphatic heterocycles. The summed E-state index contributed by atoms with van der Waals surface area (Å²) in [4.78, 5) is 17.5. The average molecular weight is 555 g/mol. The Morgan fingerprint density at radius 1 is 1.00 bits per heavy atom. The van der Waals surface area contributed by atoms with Gasteiger partial charge in [0.1, 0.15) is 0 Å². The van der Waals surface area contributed by atoms with Crippen LogP contribution in [0.3, 0.4) is 0 Å². The molecule has 1 saturated heterocycles. The monoisotopic (exact) mass is 553 g/mol. The highest BCUT2D eigenvalue weighted by Gasteiger charge is 2.35. The van der Waals surface area contributed by atoms with Gasteiger partial charge in [-0.3, -0.25) is 4.79 Å². The van der Waals surface area contributed by atoms with E-state index < -0.39 is 10.0 Å². The molecule has 2 aromatic rings. The standard InChI is InChI=1S/C24H29BrClN3O3S/c25-19-9-11-23(12-10-19)33(31,32)29(21-6-2-1-3-7-21)18-24(30)28-15-13-27(14-16-28)22-8-4-5-20(26)17-22/h4-5,8-12,17,21H,1-3,6-7,13-16,18H2. The number of carbonyl (C=O) groups excluding carboxylic acids is 1. The van der Waals surface area contributed by atoms with Gasteiger partial charge in [-0.2, -0.15) is 4.31 Å². The Morgan fingerprint density at radius 3 is 2.30 bits per heavy atom. The minimum Gasteiger partial charge on any atom is -0.368 e. The highest BCUT2D eigenvalue weighted by molar-refractivity contribution is 9.10. The molecule has 0 unspecified atom stereocenters. The van der Waals surface area contributed by atoms with Crippen LogP contribution < -0.4 is 4.90 Å². The molecule has 178 valence electrons. The van der Waals surface area contributed by atoms with Gasteiger partial charge in [-0.25, -0.2) is 8.42 Å². The maximum absolute atomic E-state index is 13.5. The molecule has 33 heavy (non-hydrogen) atoms. The van der Waals surface area contributed by atoms with E-state index in [9.17, 15) is 13.2 Å². The van der Waals surface area contributed by atoms with Gasteiger partial charge in [0, 0.05) is 47.4 Å². The Labute approximate surface area is 209 Å². The van der Waals surface area contributed by atoms with Gasteiger partial charge < -0.3 is 9.80 Å². The molecule has 1 amide bonds. The predicted octanol–water partition coefficient (Wildman–Crippen LogP) is 4.77. The van der Waals surface area contributed by atoms with Crippen molar-refractivity contribution in [1.29, 1.82) is 0 Å². The second kappa shape index (κ2) is 10.8. The first-order valence-corrected chi connectivity index (χ1v) is 14.0. The number of piperazine rings is 1. The van der Waals surface area contributed by atoms with Gasteiger partial charge in [-0.05, 0) is 55.3 Å². The zero-order valence-corrected chi connectivity index (χ0v) is 21.7. The molecule has 2 aliphatic rings. The Kier molecular flexibility index (Phi) is 7.99. The van der Waals surface area contributed by atoms with Crippen LogP contribution in [0.2, 0.25) is 5.02 Å². The van der Waals surface area contributed by atoms with Crippen molar-refractivity contribution in [3.63, 3.8) is 0 Å². The number of hydrogen-bond donors (Lipinski definition) is 0. The van der Waals surface area contributed by atoms with E-state index in [1.807, 2.05) is 24.3 Å². The van der Waals surface area contributed by atoms with Crippen molar-refractivity contribution in [3.05, 3.63) is 58.0 Å². The van der Waals surface area contributed by atoms with E-state index in [1.54, 1.807) is 29.2 Å². The smallest absolute Gasteiger partial charge is 0.243 e. The molecule has 0 aromatic heterocycles. The van der Waals surface area contributed by atoms with Crippen molar-refractivity contribution >= 4 is 49.1 Å². The van der Waals surface area contributed by atoms with Crippen LogP contribution >= 0.6 is 27.5 Å². The van der Waals surface area contributed by atoms with Crippen molar-refractivity contribution in [2.24, 2.45) is 0 Å². The van der Waals surface area contributed by atoms with Crippen LogP contribution in [0, 0.1) is 0 Å². The van der Waals surface area contributed by atoms with Crippen LogP contribution in [0.1, 0.15) is 32.1 Å². The van der Waals surface area contributed by atoms with E-state index in [1.165, 1.54) is 4.31 Å². The second-order valence-corrected chi connectivity index (χ2v) is 11.9. The molecular formula is C24H29BrClN3O3S. The lowest BCUT2D eigenvalue weighted by atomic mass is 9.95. The molecular weight excluding hydrogens is 526 g/mol. The van der Waals surface area contributed by atoms with Crippen molar-refractivity contribution in [2.75, 3.05) is 37.6 Å². The quantitative estimate of drug-likeness (QED) is 0.516. The summed E-state index contributed by atoms with van der Waals surface area (Å²) in [6, 6.07) is 14.2. The minimum atomic E-state index is -3.77. The fourth-order valence-corrected chi connectivity index (χ4v) is 6.72. The largest absolute Gasteiger partial charge is 0.368 e. The molecule has 0 N–H and O–H groups in total.